The largest absolute Gasteiger partial charge is 0.370 e. The molecule has 0 radical (unpaired) electrons. The first-order chi connectivity index (χ1) is 12.2. The van der Waals surface area contributed by atoms with Crippen molar-refractivity contribution in [1.82, 2.24) is 19.5 Å². The molecule has 0 saturated carbocycles. The zero-order valence-corrected chi connectivity index (χ0v) is 14.5. The number of fused-ring (bicyclic) bond motifs is 1. The van der Waals surface area contributed by atoms with Crippen LogP contribution >= 0.6 is 0 Å². The normalized spacial score (nSPS) is 16.1. The number of anilines is 1. The maximum absolute atomic E-state index is 12.9. The molecule has 0 aliphatic carbocycles. The van der Waals surface area contributed by atoms with Gasteiger partial charge < -0.3 is 10.2 Å². The van der Waals surface area contributed by atoms with E-state index in [-0.39, 0.29) is 4.90 Å². The lowest BCUT2D eigenvalue weighted by atomic mass is 10.2. The molecule has 8 heteroatoms. The molecule has 4 rings (SSSR count). The molecule has 3 aromatic rings. The number of aromatic nitrogens is 3. The summed E-state index contributed by atoms with van der Waals surface area (Å²) in [5.41, 5.74) is 1.60. The molecule has 0 amide bonds. The van der Waals surface area contributed by atoms with Crippen LogP contribution in [0.3, 0.4) is 0 Å². The minimum absolute atomic E-state index is 0.129. The summed E-state index contributed by atoms with van der Waals surface area (Å²) in [5.74, 6) is 0. The molecule has 1 aromatic carbocycles. The molecule has 1 fully saturated rings. The van der Waals surface area contributed by atoms with Crippen molar-refractivity contribution in [3.8, 4) is 0 Å². The number of pyridine rings is 1. The average Bonchev–Trinajstić information content (AvgIpc) is 2.88. The predicted octanol–water partition coefficient (Wildman–Crippen LogP) is 1.47. The Labute approximate surface area is 146 Å². The first-order valence-electron chi connectivity index (χ1n) is 8.25. The van der Waals surface area contributed by atoms with Crippen molar-refractivity contribution in [2.75, 3.05) is 31.1 Å². The molecule has 2 aromatic heterocycles. The Kier molecular flexibility index (Phi) is 4.14. The van der Waals surface area contributed by atoms with Crippen LogP contribution in [0, 0.1) is 0 Å². The second kappa shape index (κ2) is 6.45. The maximum atomic E-state index is 12.9. The molecule has 1 aliphatic rings. The van der Waals surface area contributed by atoms with E-state index < -0.39 is 10.0 Å². The monoisotopic (exact) mass is 357 g/mol. The number of hydrogen-bond donors (Lipinski definition) is 1. The number of hydrogen-bond acceptors (Lipinski definition) is 6. The Morgan fingerprint density at radius 1 is 1.08 bits per heavy atom. The average molecular weight is 357 g/mol. The smallest absolute Gasteiger partial charge is 0.285 e. The second-order valence-electron chi connectivity index (χ2n) is 6.02. The Bertz CT molecular complexity index is 977. The van der Waals surface area contributed by atoms with Crippen LogP contribution < -0.4 is 10.2 Å². The summed E-state index contributed by atoms with van der Waals surface area (Å²) in [6.07, 6.45) is 5.53. The topological polar surface area (TPSA) is 80.1 Å². The first-order valence-corrected chi connectivity index (χ1v) is 9.69. The number of benzene rings is 1. The van der Waals surface area contributed by atoms with E-state index in [1.54, 1.807) is 18.5 Å². The van der Waals surface area contributed by atoms with Crippen molar-refractivity contribution < 1.29 is 8.42 Å². The number of nitrogens with one attached hydrogen (secondary N) is 1. The lowest BCUT2D eigenvalue weighted by molar-refractivity contribution is 0.582. The van der Waals surface area contributed by atoms with Crippen molar-refractivity contribution in [1.29, 1.82) is 0 Å². The highest BCUT2D eigenvalue weighted by molar-refractivity contribution is 7.90. The van der Waals surface area contributed by atoms with Crippen LogP contribution in [0.2, 0.25) is 0 Å². The molecule has 7 nitrogen and oxygen atoms in total. The van der Waals surface area contributed by atoms with Crippen LogP contribution in [0.1, 0.15) is 6.42 Å². The lowest BCUT2D eigenvalue weighted by Gasteiger charge is -2.22. The quantitative estimate of drug-likeness (QED) is 0.765. The summed E-state index contributed by atoms with van der Waals surface area (Å²) in [6, 6.07) is 8.98. The first kappa shape index (κ1) is 16.0. The van der Waals surface area contributed by atoms with Gasteiger partial charge in [-0.25, -0.2) is 0 Å². The summed E-state index contributed by atoms with van der Waals surface area (Å²) in [7, 11) is -3.76. The van der Waals surface area contributed by atoms with Gasteiger partial charge in [0.15, 0.2) is 0 Å². The fraction of sp³-hybridized carbons (Fsp3) is 0.294. The summed E-state index contributed by atoms with van der Waals surface area (Å²) in [6.45, 7) is 3.77. The van der Waals surface area contributed by atoms with Gasteiger partial charge in [-0.2, -0.15) is 17.6 Å². The Hall–Kier alpha value is -2.45. The fourth-order valence-corrected chi connectivity index (χ4v) is 4.31. The fourth-order valence-electron chi connectivity index (χ4n) is 3.08. The predicted molar refractivity (Wildman–Crippen MR) is 96.3 cm³/mol. The van der Waals surface area contributed by atoms with E-state index in [4.69, 9.17) is 0 Å². The van der Waals surface area contributed by atoms with E-state index in [0.717, 1.165) is 47.8 Å². The van der Waals surface area contributed by atoms with Crippen molar-refractivity contribution in [3.05, 3.63) is 48.9 Å². The van der Waals surface area contributed by atoms with Crippen molar-refractivity contribution in [2.24, 2.45) is 0 Å². The van der Waals surface area contributed by atoms with Gasteiger partial charge >= 0.3 is 0 Å². The van der Waals surface area contributed by atoms with Crippen LogP contribution in [-0.2, 0) is 10.0 Å². The second-order valence-corrected chi connectivity index (χ2v) is 7.78. The van der Waals surface area contributed by atoms with Crippen molar-refractivity contribution in [3.63, 3.8) is 0 Å². The molecule has 0 bridgehead atoms. The molecule has 1 saturated heterocycles. The third kappa shape index (κ3) is 2.98. The van der Waals surface area contributed by atoms with Gasteiger partial charge in [-0.3, -0.25) is 4.98 Å². The van der Waals surface area contributed by atoms with Crippen LogP contribution in [0.25, 0.3) is 10.9 Å². The SMILES string of the molecule is O=S(=O)(c1cccnc1)n1ncc2ccc(N3CCCNCC3)cc21. The number of nitrogens with zero attached hydrogens (tertiary/aromatic N) is 4. The van der Waals surface area contributed by atoms with Crippen LogP contribution in [-0.4, -0.2) is 48.8 Å². The molecule has 1 aliphatic heterocycles. The molecule has 0 unspecified atom stereocenters. The minimum Gasteiger partial charge on any atom is -0.370 e. The third-order valence-corrected chi connectivity index (χ3v) is 5.97. The summed E-state index contributed by atoms with van der Waals surface area (Å²) >= 11 is 0. The Morgan fingerprint density at radius 2 is 2.00 bits per heavy atom. The molecule has 3 heterocycles. The molecular weight excluding hydrogens is 338 g/mol. The van der Waals surface area contributed by atoms with Crippen LogP contribution in [0.4, 0.5) is 5.69 Å². The van der Waals surface area contributed by atoms with Gasteiger partial charge in [0, 0.05) is 43.1 Å². The molecule has 25 heavy (non-hydrogen) atoms. The van der Waals surface area contributed by atoms with Gasteiger partial charge in [-0.15, -0.1) is 0 Å². The van der Waals surface area contributed by atoms with Gasteiger partial charge in [0.05, 0.1) is 11.7 Å². The lowest BCUT2D eigenvalue weighted by Crippen LogP contribution is -2.27. The Balaban J connectivity index is 1.79. The van der Waals surface area contributed by atoms with E-state index in [2.05, 4.69) is 20.3 Å². The molecule has 0 spiro atoms. The zero-order valence-electron chi connectivity index (χ0n) is 13.7. The molecular formula is C17H19N5O2S. The van der Waals surface area contributed by atoms with Crippen LogP contribution in [0.5, 0.6) is 0 Å². The maximum Gasteiger partial charge on any atom is 0.285 e. The third-order valence-electron chi connectivity index (χ3n) is 4.39. The van der Waals surface area contributed by atoms with E-state index in [1.807, 2.05) is 18.2 Å². The van der Waals surface area contributed by atoms with E-state index in [1.165, 1.54) is 12.3 Å². The number of rotatable bonds is 3. The van der Waals surface area contributed by atoms with E-state index >= 15 is 0 Å². The van der Waals surface area contributed by atoms with Gasteiger partial charge in [0.2, 0.25) is 0 Å². The summed E-state index contributed by atoms with van der Waals surface area (Å²) in [4.78, 5) is 6.31. The highest BCUT2D eigenvalue weighted by Gasteiger charge is 2.21. The van der Waals surface area contributed by atoms with Crippen LogP contribution in [0.15, 0.2) is 53.8 Å². The Morgan fingerprint density at radius 3 is 2.84 bits per heavy atom. The zero-order chi connectivity index (χ0) is 17.3. The molecule has 1 N–H and O–H groups in total. The van der Waals surface area contributed by atoms with E-state index in [9.17, 15) is 8.42 Å². The van der Waals surface area contributed by atoms with Gasteiger partial charge in [-0.05, 0) is 43.3 Å². The molecule has 0 atom stereocenters. The van der Waals surface area contributed by atoms with Gasteiger partial charge in [0.25, 0.3) is 10.0 Å². The standard InChI is InChI=1S/C17H19N5O2S/c23-25(24,16-3-1-6-19-13-16)22-17-11-15(5-4-14(17)12-20-22)21-9-2-7-18-8-10-21/h1,3-6,11-13,18H,2,7-10H2. The molecule has 130 valence electrons. The van der Waals surface area contributed by atoms with Gasteiger partial charge in [0.1, 0.15) is 4.90 Å². The summed E-state index contributed by atoms with van der Waals surface area (Å²) in [5, 5.41) is 8.29. The summed E-state index contributed by atoms with van der Waals surface area (Å²) < 4.78 is 26.9. The van der Waals surface area contributed by atoms with Gasteiger partial charge in [-0.1, -0.05) is 0 Å². The minimum atomic E-state index is -3.76. The highest BCUT2D eigenvalue weighted by Crippen LogP contribution is 2.25. The van der Waals surface area contributed by atoms with Crippen molar-refractivity contribution >= 4 is 26.6 Å². The van der Waals surface area contributed by atoms with E-state index in [0.29, 0.717) is 5.52 Å². The van der Waals surface area contributed by atoms with Crippen molar-refractivity contribution in [2.45, 2.75) is 11.3 Å². The highest BCUT2D eigenvalue weighted by atomic mass is 32.2.